The van der Waals surface area contributed by atoms with Gasteiger partial charge >= 0.3 is 0 Å². The zero-order chi connectivity index (χ0) is 15.8. The Morgan fingerprint density at radius 1 is 1.27 bits per heavy atom. The Morgan fingerprint density at radius 3 is 2.68 bits per heavy atom. The van der Waals surface area contributed by atoms with E-state index in [0.717, 1.165) is 30.2 Å². The van der Waals surface area contributed by atoms with Crippen molar-refractivity contribution in [2.75, 3.05) is 20.1 Å². The van der Waals surface area contributed by atoms with E-state index in [2.05, 4.69) is 10.3 Å². The predicted octanol–water partition coefficient (Wildman–Crippen LogP) is 3.06. The Morgan fingerprint density at radius 2 is 2.05 bits per heavy atom. The molecular weight excluding hydrogens is 281 g/mol. The lowest BCUT2D eigenvalue weighted by Gasteiger charge is -2.22. The van der Waals surface area contributed by atoms with Gasteiger partial charge in [0.05, 0.1) is 6.26 Å². The fourth-order valence-electron chi connectivity index (χ4n) is 2.14. The number of benzene rings is 1. The minimum atomic E-state index is -0.217. The minimum Gasteiger partial charge on any atom is -0.469 e. The highest BCUT2D eigenvalue weighted by Crippen LogP contribution is 2.06. The molecule has 1 aromatic heterocycles. The molecule has 0 fully saturated rings. The molecule has 5 heteroatoms. The van der Waals surface area contributed by atoms with Crippen LogP contribution in [0.4, 0.5) is 4.39 Å². The summed E-state index contributed by atoms with van der Waals surface area (Å²) in [4.78, 5) is 6.63. The Hall–Kier alpha value is -2.30. The molecule has 1 aromatic carbocycles. The largest absolute Gasteiger partial charge is 0.469 e. The monoisotopic (exact) mass is 303 g/mol. The van der Waals surface area contributed by atoms with Gasteiger partial charge in [0.2, 0.25) is 0 Å². The fourth-order valence-corrected chi connectivity index (χ4v) is 2.14. The van der Waals surface area contributed by atoms with Gasteiger partial charge in [-0.3, -0.25) is 4.99 Å². The van der Waals surface area contributed by atoms with Crippen molar-refractivity contribution in [3.05, 3.63) is 59.8 Å². The van der Waals surface area contributed by atoms with Gasteiger partial charge in [0, 0.05) is 33.1 Å². The molecule has 0 amide bonds. The van der Waals surface area contributed by atoms with Crippen LogP contribution in [-0.4, -0.2) is 31.0 Å². The molecule has 0 saturated carbocycles. The van der Waals surface area contributed by atoms with Crippen LogP contribution in [0, 0.1) is 5.82 Å². The molecule has 2 aromatic rings. The van der Waals surface area contributed by atoms with Gasteiger partial charge in [-0.25, -0.2) is 4.39 Å². The van der Waals surface area contributed by atoms with Gasteiger partial charge < -0.3 is 14.6 Å². The van der Waals surface area contributed by atoms with E-state index in [9.17, 15) is 4.39 Å². The van der Waals surface area contributed by atoms with Crippen LogP contribution in [0.25, 0.3) is 0 Å². The van der Waals surface area contributed by atoms with Gasteiger partial charge in [-0.2, -0.15) is 0 Å². The molecule has 0 aliphatic carbocycles. The highest BCUT2D eigenvalue weighted by molar-refractivity contribution is 5.79. The maximum Gasteiger partial charge on any atom is 0.193 e. The minimum absolute atomic E-state index is 0.217. The molecule has 0 aliphatic heterocycles. The Balaban J connectivity index is 1.94. The summed E-state index contributed by atoms with van der Waals surface area (Å²) in [6, 6.07) is 10.4. The zero-order valence-corrected chi connectivity index (χ0v) is 13.1. The fraction of sp³-hybridized carbons (Fsp3) is 0.353. The van der Waals surface area contributed by atoms with E-state index in [-0.39, 0.29) is 5.82 Å². The number of rotatable bonds is 6. The van der Waals surface area contributed by atoms with Crippen LogP contribution in [-0.2, 0) is 13.0 Å². The first kappa shape index (κ1) is 16.1. The van der Waals surface area contributed by atoms with Crippen LogP contribution in [0.3, 0.4) is 0 Å². The molecule has 22 heavy (non-hydrogen) atoms. The van der Waals surface area contributed by atoms with Crippen LogP contribution in [0.15, 0.2) is 52.1 Å². The van der Waals surface area contributed by atoms with Crippen LogP contribution >= 0.6 is 0 Å². The normalized spacial score (nSPS) is 11.5. The number of furan rings is 1. The van der Waals surface area contributed by atoms with Crippen molar-refractivity contribution in [1.82, 2.24) is 10.2 Å². The predicted molar refractivity (Wildman–Crippen MR) is 86.3 cm³/mol. The molecule has 0 saturated heterocycles. The molecule has 0 bridgehead atoms. The number of hydrogen-bond acceptors (Lipinski definition) is 2. The van der Waals surface area contributed by atoms with Gasteiger partial charge in [-0.1, -0.05) is 12.1 Å². The van der Waals surface area contributed by atoms with E-state index in [4.69, 9.17) is 4.42 Å². The van der Waals surface area contributed by atoms with Crippen molar-refractivity contribution in [2.45, 2.75) is 19.9 Å². The third kappa shape index (κ3) is 4.91. The SMILES string of the molecule is CCNC(=NCCc1ccco1)N(C)Cc1ccc(F)cc1. The summed E-state index contributed by atoms with van der Waals surface area (Å²) < 4.78 is 18.2. The number of hydrogen-bond donors (Lipinski definition) is 1. The summed E-state index contributed by atoms with van der Waals surface area (Å²) in [5, 5.41) is 3.27. The summed E-state index contributed by atoms with van der Waals surface area (Å²) in [5.74, 6) is 1.55. The molecule has 0 atom stereocenters. The van der Waals surface area contributed by atoms with Gasteiger partial charge in [0.15, 0.2) is 5.96 Å². The van der Waals surface area contributed by atoms with Crippen molar-refractivity contribution < 1.29 is 8.81 Å². The third-order valence-electron chi connectivity index (χ3n) is 3.23. The molecule has 0 spiro atoms. The lowest BCUT2D eigenvalue weighted by molar-refractivity contribution is 0.473. The quantitative estimate of drug-likeness (QED) is 0.658. The van der Waals surface area contributed by atoms with Crippen LogP contribution in [0.2, 0.25) is 0 Å². The average Bonchev–Trinajstić information content (AvgIpc) is 3.02. The van der Waals surface area contributed by atoms with E-state index in [1.165, 1.54) is 12.1 Å². The lowest BCUT2D eigenvalue weighted by atomic mass is 10.2. The summed E-state index contributed by atoms with van der Waals surface area (Å²) in [6.07, 6.45) is 2.44. The number of guanidine groups is 1. The molecule has 0 unspecified atom stereocenters. The summed E-state index contributed by atoms with van der Waals surface area (Å²) in [7, 11) is 1.97. The van der Waals surface area contributed by atoms with Crippen molar-refractivity contribution in [1.29, 1.82) is 0 Å². The average molecular weight is 303 g/mol. The molecule has 0 aliphatic rings. The van der Waals surface area contributed by atoms with E-state index in [1.807, 2.05) is 31.0 Å². The second kappa shape index (κ2) is 8.22. The van der Waals surface area contributed by atoms with Crippen LogP contribution < -0.4 is 5.32 Å². The number of nitrogens with one attached hydrogen (secondary N) is 1. The van der Waals surface area contributed by atoms with Gasteiger partial charge in [-0.15, -0.1) is 0 Å². The topological polar surface area (TPSA) is 40.8 Å². The molecule has 1 heterocycles. The summed E-state index contributed by atoms with van der Waals surface area (Å²) >= 11 is 0. The van der Waals surface area contributed by atoms with Crippen molar-refractivity contribution >= 4 is 5.96 Å². The number of aliphatic imine (C=N–C) groups is 1. The van der Waals surface area contributed by atoms with Gasteiger partial charge in [0.25, 0.3) is 0 Å². The first-order valence-electron chi connectivity index (χ1n) is 7.45. The molecule has 4 nitrogen and oxygen atoms in total. The van der Waals surface area contributed by atoms with E-state index >= 15 is 0 Å². The highest BCUT2D eigenvalue weighted by atomic mass is 19.1. The van der Waals surface area contributed by atoms with E-state index in [0.29, 0.717) is 13.1 Å². The summed E-state index contributed by atoms with van der Waals surface area (Å²) in [5.41, 5.74) is 1.04. The van der Waals surface area contributed by atoms with Crippen molar-refractivity contribution in [3.8, 4) is 0 Å². The van der Waals surface area contributed by atoms with Crippen molar-refractivity contribution in [2.24, 2.45) is 4.99 Å². The second-order valence-electron chi connectivity index (χ2n) is 5.05. The lowest BCUT2D eigenvalue weighted by Crippen LogP contribution is -2.38. The Bertz CT molecular complexity index is 578. The number of nitrogens with zero attached hydrogens (tertiary/aromatic N) is 2. The first-order valence-corrected chi connectivity index (χ1v) is 7.45. The maximum absolute atomic E-state index is 12.9. The molecular formula is C17H22FN3O. The van der Waals surface area contributed by atoms with Crippen molar-refractivity contribution in [3.63, 3.8) is 0 Å². The number of halogens is 1. The Kier molecular flexibility index (Phi) is 6.01. The maximum atomic E-state index is 12.9. The molecule has 118 valence electrons. The van der Waals surface area contributed by atoms with Gasteiger partial charge in [0.1, 0.15) is 11.6 Å². The standard InChI is InChI=1S/C17H22FN3O/c1-3-19-17(20-11-10-16-5-4-12-22-16)21(2)13-14-6-8-15(18)9-7-14/h4-9,12H,3,10-11,13H2,1-2H3,(H,19,20). The molecule has 1 N–H and O–H groups in total. The highest BCUT2D eigenvalue weighted by Gasteiger charge is 2.06. The van der Waals surface area contributed by atoms with E-state index in [1.54, 1.807) is 18.4 Å². The molecule has 2 rings (SSSR count). The molecule has 0 radical (unpaired) electrons. The summed E-state index contributed by atoms with van der Waals surface area (Å²) in [6.45, 7) is 4.16. The van der Waals surface area contributed by atoms with Crippen LogP contribution in [0.5, 0.6) is 0 Å². The Labute approximate surface area is 130 Å². The third-order valence-corrected chi connectivity index (χ3v) is 3.23. The second-order valence-corrected chi connectivity index (χ2v) is 5.05. The van der Waals surface area contributed by atoms with E-state index < -0.39 is 0 Å². The van der Waals surface area contributed by atoms with Crippen LogP contribution in [0.1, 0.15) is 18.2 Å². The zero-order valence-electron chi connectivity index (χ0n) is 13.1. The van der Waals surface area contributed by atoms with Gasteiger partial charge in [-0.05, 0) is 36.8 Å². The first-order chi connectivity index (χ1) is 10.7. The smallest absolute Gasteiger partial charge is 0.193 e.